The fourth-order valence-corrected chi connectivity index (χ4v) is 3.11. The lowest BCUT2D eigenvalue weighted by Gasteiger charge is -2.23. The Labute approximate surface area is 214 Å². The lowest BCUT2D eigenvalue weighted by atomic mass is 9.91. The first-order chi connectivity index (χ1) is 17.1. The Morgan fingerprint density at radius 2 is 1.65 bits per heavy atom. The Kier molecular flexibility index (Phi) is 11.4. The molecule has 0 amide bonds. The van der Waals surface area contributed by atoms with Gasteiger partial charge in [-0.05, 0) is 32.8 Å². The number of cyclic esters (lactones) is 1. The van der Waals surface area contributed by atoms with Gasteiger partial charge in [-0.1, -0.05) is 6.92 Å². The fraction of sp³-hybridized carbons (Fsp3) is 0.520. The highest BCUT2D eigenvalue weighted by Gasteiger charge is 2.41. The van der Waals surface area contributed by atoms with E-state index in [1.807, 2.05) is 0 Å². The summed E-state index contributed by atoms with van der Waals surface area (Å²) in [7, 11) is 1.04. The average molecular weight is 525 g/mol. The van der Waals surface area contributed by atoms with Crippen LogP contribution in [-0.4, -0.2) is 72.8 Å². The van der Waals surface area contributed by atoms with Gasteiger partial charge in [-0.3, -0.25) is 14.4 Å². The van der Waals surface area contributed by atoms with Crippen LogP contribution in [0.4, 0.5) is 0 Å². The molecule has 0 radical (unpaired) electrons. The summed E-state index contributed by atoms with van der Waals surface area (Å²) in [6, 6.07) is 0. The predicted octanol–water partition coefficient (Wildman–Crippen LogP) is 1.25. The van der Waals surface area contributed by atoms with Gasteiger partial charge in [0.1, 0.15) is 30.9 Å². The molecular formula is C25H32O12. The number of hydrogen-bond donors (Lipinski definition) is 1. The topological polar surface area (TPSA) is 169 Å². The summed E-state index contributed by atoms with van der Waals surface area (Å²) in [5, 5.41) is 10.5. The Morgan fingerprint density at radius 1 is 1.05 bits per heavy atom. The molecule has 1 aliphatic rings. The molecular weight excluding hydrogens is 492 g/mol. The largest absolute Gasteiger partial charge is 0.467 e. The van der Waals surface area contributed by atoms with Crippen LogP contribution in [0.25, 0.3) is 0 Å². The van der Waals surface area contributed by atoms with E-state index in [-0.39, 0.29) is 35.7 Å². The Morgan fingerprint density at radius 3 is 2.16 bits per heavy atom. The molecule has 0 saturated carbocycles. The molecule has 0 spiro atoms. The maximum absolute atomic E-state index is 12.7. The third-order valence-electron chi connectivity index (χ3n) is 5.18. The number of aliphatic hydroxyl groups is 1. The highest BCUT2D eigenvalue weighted by molar-refractivity contribution is 5.96. The van der Waals surface area contributed by atoms with E-state index in [2.05, 4.69) is 4.74 Å². The van der Waals surface area contributed by atoms with Crippen LogP contribution in [0.5, 0.6) is 0 Å². The van der Waals surface area contributed by atoms with Crippen LogP contribution in [0.3, 0.4) is 0 Å². The first-order valence-corrected chi connectivity index (χ1v) is 11.2. The minimum absolute atomic E-state index is 0.0945. The van der Waals surface area contributed by atoms with E-state index in [1.54, 1.807) is 6.92 Å². The monoisotopic (exact) mass is 524 g/mol. The summed E-state index contributed by atoms with van der Waals surface area (Å²) in [5.41, 5.74) is -2.22. The molecule has 0 unspecified atom stereocenters. The maximum Gasteiger partial charge on any atom is 0.343 e. The van der Waals surface area contributed by atoms with Crippen LogP contribution >= 0.6 is 0 Å². The van der Waals surface area contributed by atoms with Crippen molar-refractivity contribution in [3.05, 3.63) is 34.6 Å². The minimum Gasteiger partial charge on any atom is -0.467 e. The van der Waals surface area contributed by atoms with Crippen molar-refractivity contribution in [2.75, 3.05) is 20.3 Å². The number of carbonyl (C=O) groups is 6. The van der Waals surface area contributed by atoms with Gasteiger partial charge in [-0.25, -0.2) is 14.4 Å². The number of ketones is 1. The van der Waals surface area contributed by atoms with E-state index in [0.29, 0.717) is 5.57 Å². The molecule has 37 heavy (non-hydrogen) atoms. The molecule has 1 aliphatic heterocycles. The number of rotatable bonds is 12. The smallest absolute Gasteiger partial charge is 0.343 e. The first kappa shape index (κ1) is 31.2. The molecule has 0 aliphatic carbocycles. The van der Waals surface area contributed by atoms with Crippen LogP contribution < -0.4 is 0 Å². The molecule has 1 N–H and O–H groups in total. The molecule has 0 aromatic carbocycles. The average Bonchev–Trinajstić information content (AvgIpc) is 3.08. The number of Topliss-reactive ketones (excluding diaryl/α,β-unsaturated/α-hetero) is 1. The molecule has 0 aromatic heterocycles. The van der Waals surface area contributed by atoms with Crippen LogP contribution in [-0.2, 0) is 52.5 Å². The van der Waals surface area contributed by atoms with Crippen molar-refractivity contribution in [3.63, 3.8) is 0 Å². The van der Waals surface area contributed by atoms with E-state index < -0.39 is 54.1 Å². The van der Waals surface area contributed by atoms with Gasteiger partial charge in [0.2, 0.25) is 0 Å². The molecule has 12 nitrogen and oxygen atoms in total. The van der Waals surface area contributed by atoms with Crippen molar-refractivity contribution in [1.29, 1.82) is 0 Å². The van der Waals surface area contributed by atoms with E-state index in [0.717, 1.165) is 33.1 Å². The van der Waals surface area contributed by atoms with Crippen molar-refractivity contribution < 1.29 is 57.6 Å². The van der Waals surface area contributed by atoms with E-state index in [1.165, 1.54) is 20.8 Å². The highest BCUT2D eigenvalue weighted by atomic mass is 16.6. The van der Waals surface area contributed by atoms with Crippen molar-refractivity contribution >= 4 is 35.6 Å². The second kappa shape index (κ2) is 13.5. The summed E-state index contributed by atoms with van der Waals surface area (Å²) in [5.74, 6) is -5.46. The zero-order valence-electron chi connectivity index (χ0n) is 21.9. The van der Waals surface area contributed by atoms with Gasteiger partial charge in [0.15, 0.2) is 5.60 Å². The zero-order chi connectivity index (χ0) is 28.5. The second-order valence-electron chi connectivity index (χ2n) is 8.65. The van der Waals surface area contributed by atoms with Crippen LogP contribution in [0.15, 0.2) is 34.6 Å². The van der Waals surface area contributed by atoms with E-state index >= 15 is 0 Å². The molecule has 0 saturated heterocycles. The number of carbonyl (C=O) groups excluding carboxylic acids is 6. The van der Waals surface area contributed by atoms with Crippen LogP contribution in [0, 0.1) is 5.92 Å². The molecule has 204 valence electrons. The maximum atomic E-state index is 12.7. The summed E-state index contributed by atoms with van der Waals surface area (Å²) < 4.78 is 25.2. The van der Waals surface area contributed by atoms with Gasteiger partial charge in [0.25, 0.3) is 0 Å². The number of methoxy groups -OCH3 is 1. The summed E-state index contributed by atoms with van der Waals surface area (Å²) in [6.45, 7) is 7.09. The Bertz CT molecular complexity index is 1040. The predicted molar refractivity (Wildman–Crippen MR) is 125 cm³/mol. The van der Waals surface area contributed by atoms with Gasteiger partial charge in [0.05, 0.1) is 12.7 Å². The molecule has 0 fully saturated rings. The SMILES string of the molecule is COC(=O)[C@@](C)(O)/C=C1\OC(=O)C(COC(C)=O)=C1[C@H](C[C@H](C)C(C)=O)OC(=O)/C=C(/C)COC(C)=O. The van der Waals surface area contributed by atoms with Gasteiger partial charge < -0.3 is 28.8 Å². The van der Waals surface area contributed by atoms with Crippen LogP contribution in [0.2, 0.25) is 0 Å². The lowest BCUT2D eigenvalue weighted by molar-refractivity contribution is -0.156. The third-order valence-corrected chi connectivity index (χ3v) is 5.18. The van der Waals surface area contributed by atoms with Crippen molar-refractivity contribution in [1.82, 2.24) is 0 Å². The molecule has 0 bridgehead atoms. The quantitative estimate of drug-likeness (QED) is 0.221. The molecule has 1 heterocycles. The van der Waals surface area contributed by atoms with Crippen LogP contribution in [0.1, 0.15) is 48.0 Å². The first-order valence-electron chi connectivity index (χ1n) is 11.2. The standard InChI is InChI=1S/C25H32O12/c1-13(11-34-16(4)27)8-21(29)36-19(9-14(2)15(3)26)22-18(12-35-17(5)28)23(30)37-20(22)10-25(6,32)24(31)33-7/h8,10,14,19,32H,9,11-12H2,1-7H3/b13-8-,20-10-/t14-,19-,25-/m0/s1. The summed E-state index contributed by atoms with van der Waals surface area (Å²) in [6.07, 6.45) is 0.534. The summed E-state index contributed by atoms with van der Waals surface area (Å²) >= 11 is 0. The Hall–Kier alpha value is -3.80. The molecule has 1 rings (SSSR count). The normalized spacial score (nSPS) is 17.9. The minimum atomic E-state index is -2.26. The molecule has 3 atom stereocenters. The van der Waals surface area contributed by atoms with E-state index in [4.69, 9.17) is 18.9 Å². The van der Waals surface area contributed by atoms with Crippen molar-refractivity contribution in [2.24, 2.45) is 5.92 Å². The van der Waals surface area contributed by atoms with Crippen molar-refractivity contribution in [2.45, 2.75) is 59.7 Å². The molecule has 12 heteroatoms. The van der Waals surface area contributed by atoms with Gasteiger partial charge in [0, 0.05) is 37.5 Å². The van der Waals surface area contributed by atoms with Gasteiger partial charge >= 0.3 is 29.8 Å². The highest BCUT2D eigenvalue weighted by Crippen LogP contribution is 2.35. The Balaban J connectivity index is 3.62. The summed E-state index contributed by atoms with van der Waals surface area (Å²) in [4.78, 5) is 71.9. The fourth-order valence-electron chi connectivity index (χ4n) is 3.11. The third kappa shape index (κ3) is 9.64. The van der Waals surface area contributed by atoms with Crippen molar-refractivity contribution in [3.8, 4) is 0 Å². The van der Waals surface area contributed by atoms with Gasteiger partial charge in [-0.15, -0.1) is 0 Å². The number of esters is 5. The second-order valence-corrected chi connectivity index (χ2v) is 8.65. The number of hydrogen-bond acceptors (Lipinski definition) is 12. The van der Waals surface area contributed by atoms with Gasteiger partial charge in [-0.2, -0.15) is 0 Å². The molecule has 0 aromatic rings. The zero-order valence-corrected chi connectivity index (χ0v) is 21.9. The number of ether oxygens (including phenoxy) is 5. The van der Waals surface area contributed by atoms with E-state index in [9.17, 15) is 33.9 Å². The lowest BCUT2D eigenvalue weighted by Crippen LogP contribution is -2.35.